The van der Waals surface area contributed by atoms with Gasteiger partial charge in [0, 0.05) is 32.9 Å². The van der Waals surface area contributed by atoms with Gasteiger partial charge in [0.05, 0.1) is 0 Å². The van der Waals surface area contributed by atoms with Crippen molar-refractivity contribution in [1.82, 2.24) is 15.1 Å². The molecule has 8 heteroatoms. The van der Waals surface area contributed by atoms with Gasteiger partial charge in [0.1, 0.15) is 17.4 Å². The number of benzene rings is 1. The van der Waals surface area contributed by atoms with E-state index in [1.165, 1.54) is 11.0 Å². The zero-order chi connectivity index (χ0) is 16.8. The van der Waals surface area contributed by atoms with Crippen LogP contribution in [0.25, 0.3) is 0 Å². The number of urea groups is 1. The molecule has 2 rings (SSSR count). The average molecular weight is 312 g/mol. The highest BCUT2D eigenvalue weighted by Crippen LogP contribution is 2.23. The van der Waals surface area contributed by atoms with Crippen molar-refractivity contribution in [3.05, 3.63) is 35.9 Å². The third-order valence-electron chi connectivity index (χ3n) is 2.86. The highest BCUT2D eigenvalue weighted by molar-refractivity contribution is 5.88. The van der Waals surface area contributed by atoms with Crippen LogP contribution >= 0.6 is 0 Å². The van der Waals surface area contributed by atoms with Crippen LogP contribution in [0.1, 0.15) is 5.56 Å². The van der Waals surface area contributed by atoms with Crippen LogP contribution in [0.5, 0.6) is 11.6 Å². The number of nitrogens with one attached hydrogen (secondary N) is 2. The molecule has 2 N–H and O–H groups in total. The van der Waals surface area contributed by atoms with Crippen LogP contribution in [0.3, 0.4) is 0 Å². The van der Waals surface area contributed by atoms with Crippen molar-refractivity contribution in [2.75, 3.05) is 31.8 Å². The number of hydrogen-bond donors (Lipinski definition) is 2. The smallest absolute Gasteiger partial charge is 0.321 e. The fraction of sp³-hybridized carbons (Fsp3) is 0.200. The molecular formula is C15H16N6O2. The molecule has 0 unspecified atom stereocenters. The Bertz CT molecular complexity index is 737. The van der Waals surface area contributed by atoms with Gasteiger partial charge in [-0.2, -0.15) is 5.26 Å². The molecule has 0 aliphatic carbocycles. The lowest BCUT2D eigenvalue weighted by Crippen LogP contribution is -2.27. The van der Waals surface area contributed by atoms with Crippen LogP contribution in [0.4, 0.5) is 16.3 Å². The molecule has 2 amide bonds. The van der Waals surface area contributed by atoms with Crippen molar-refractivity contribution in [1.29, 1.82) is 5.26 Å². The molecule has 2 aromatic rings. The SMILES string of the molecule is CNc1nnc(Oc2ccc(NC(=O)N(C)C)cc2)cc1C#N. The number of amides is 2. The summed E-state index contributed by atoms with van der Waals surface area (Å²) in [5.74, 6) is 1.12. The van der Waals surface area contributed by atoms with Crippen molar-refractivity contribution in [2.24, 2.45) is 0 Å². The van der Waals surface area contributed by atoms with E-state index in [9.17, 15) is 4.79 Å². The van der Waals surface area contributed by atoms with E-state index in [1.807, 2.05) is 6.07 Å². The van der Waals surface area contributed by atoms with Gasteiger partial charge in [-0.1, -0.05) is 0 Å². The third kappa shape index (κ3) is 4.07. The number of carbonyl (C=O) groups is 1. The van der Waals surface area contributed by atoms with Crippen LogP contribution in [0.15, 0.2) is 30.3 Å². The highest BCUT2D eigenvalue weighted by atomic mass is 16.5. The molecule has 1 aromatic heterocycles. The Hall–Kier alpha value is -3.34. The van der Waals surface area contributed by atoms with Crippen LogP contribution in [-0.2, 0) is 0 Å². The van der Waals surface area contributed by atoms with E-state index < -0.39 is 0 Å². The lowest BCUT2D eigenvalue weighted by molar-refractivity contribution is 0.230. The van der Waals surface area contributed by atoms with Crippen molar-refractivity contribution >= 4 is 17.5 Å². The molecule has 118 valence electrons. The van der Waals surface area contributed by atoms with E-state index in [0.29, 0.717) is 22.8 Å². The topological polar surface area (TPSA) is 103 Å². The van der Waals surface area contributed by atoms with Gasteiger partial charge in [0.2, 0.25) is 5.88 Å². The second-order valence-electron chi connectivity index (χ2n) is 4.76. The molecule has 0 saturated heterocycles. The summed E-state index contributed by atoms with van der Waals surface area (Å²) < 4.78 is 5.55. The van der Waals surface area contributed by atoms with E-state index in [0.717, 1.165) is 0 Å². The molecule has 23 heavy (non-hydrogen) atoms. The predicted molar refractivity (Wildman–Crippen MR) is 85.5 cm³/mol. The van der Waals surface area contributed by atoms with E-state index >= 15 is 0 Å². The average Bonchev–Trinajstić information content (AvgIpc) is 2.56. The summed E-state index contributed by atoms with van der Waals surface area (Å²) in [5.41, 5.74) is 0.984. The van der Waals surface area contributed by atoms with Gasteiger partial charge in [-0.15, -0.1) is 10.2 Å². The minimum absolute atomic E-state index is 0.214. The summed E-state index contributed by atoms with van der Waals surface area (Å²) in [6.45, 7) is 0. The van der Waals surface area contributed by atoms with Gasteiger partial charge in [0.15, 0.2) is 5.82 Å². The van der Waals surface area contributed by atoms with Crippen LogP contribution < -0.4 is 15.4 Å². The van der Waals surface area contributed by atoms with Gasteiger partial charge in [0.25, 0.3) is 0 Å². The maximum Gasteiger partial charge on any atom is 0.321 e. The first kappa shape index (κ1) is 16.0. The molecular weight excluding hydrogens is 296 g/mol. The van der Waals surface area contributed by atoms with E-state index in [-0.39, 0.29) is 11.9 Å². The third-order valence-corrected chi connectivity index (χ3v) is 2.86. The van der Waals surface area contributed by atoms with Crippen molar-refractivity contribution in [3.63, 3.8) is 0 Å². The number of nitrogens with zero attached hydrogens (tertiary/aromatic N) is 4. The Morgan fingerprint density at radius 2 is 1.96 bits per heavy atom. The first-order valence-corrected chi connectivity index (χ1v) is 6.75. The van der Waals surface area contributed by atoms with Gasteiger partial charge >= 0.3 is 6.03 Å². The summed E-state index contributed by atoms with van der Waals surface area (Å²) in [7, 11) is 4.98. The van der Waals surface area contributed by atoms with Gasteiger partial charge < -0.3 is 20.3 Å². The van der Waals surface area contributed by atoms with Crippen LogP contribution in [0.2, 0.25) is 0 Å². The lowest BCUT2D eigenvalue weighted by atomic mass is 10.3. The second-order valence-corrected chi connectivity index (χ2v) is 4.76. The molecule has 1 aromatic carbocycles. The molecule has 0 radical (unpaired) electrons. The number of aromatic nitrogens is 2. The molecule has 0 spiro atoms. The van der Waals surface area contributed by atoms with Gasteiger partial charge in [-0.3, -0.25) is 0 Å². The molecule has 0 aliphatic rings. The van der Waals surface area contributed by atoms with Crippen molar-refractivity contribution in [2.45, 2.75) is 0 Å². The Balaban J connectivity index is 2.09. The van der Waals surface area contributed by atoms with E-state index in [2.05, 4.69) is 20.8 Å². The molecule has 0 aliphatic heterocycles. The monoisotopic (exact) mass is 312 g/mol. The Kier molecular flexibility index (Phi) is 4.94. The summed E-state index contributed by atoms with van der Waals surface area (Å²) in [4.78, 5) is 13.0. The van der Waals surface area contributed by atoms with E-state index in [1.54, 1.807) is 45.4 Å². The lowest BCUT2D eigenvalue weighted by Gasteiger charge is -2.12. The fourth-order valence-corrected chi connectivity index (χ4v) is 1.66. The van der Waals surface area contributed by atoms with Gasteiger partial charge in [-0.25, -0.2) is 4.79 Å². The molecule has 0 atom stereocenters. The maximum absolute atomic E-state index is 11.5. The van der Waals surface area contributed by atoms with Crippen LogP contribution in [0, 0.1) is 11.3 Å². The quantitative estimate of drug-likeness (QED) is 0.897. The number of rotatable bonds is 4. The number of nitriles is 1. The standard InChI is InChI=1S/C15H16N6O2/c1-17-14-10(9-16)8-13(19-20-14)23-12-6-4-11(5-7-12)18-15(22)21(2)3/h4-8H,1-3H3,(H,17,20)(H,18,22). The zero-order valence-electron chi connectivity index (χ0n) is 13.0. The molecule has 0 bridgehead atoms. The zero-order valence-corrected chi connectivity index (χ0v) is 13.0. The number of carbonyl (C=O) groups excluding carboxylic acids is 1. The summed E-state index contributed by atoms with van der Waals surface area (Å²) in [6, 6.07) is 10.1. The molecule has 0 saturated carbocycles. The predicted octanol–water partition coefficient (Wildman–Crippen LogP) is 2.28. The maximum atomic E-state index is 11.5. The number of hydrogen-bond acceptors (Lipinski definition) is 6. The fourth-order valence-electron chi connectivity index (χ4n) is 1.66. The molecule has 1 heterocycles. The normalized spacial score (nSPS) is 9.65. The second kappa shape index (κ2) is 7.09. The van der Waals surface area contributed by atoms with Gasteiger partial charge in [-0.05, 0) is 24.3 Å². The first-order chi connectivity index (χ1) is 11.0. The Morgan fingerprint density at radius 3 is 2.52 bits per heavy atom. The molecule has 8 nitrogen and oxygen atoms in total. The highest BCUT2D eigenvalue weighted by Gasteiger charge is 2.08. The molecule has 0 fully saturated rings. The van der Waals surface area contributed by atoms with Crippen LogP contribution in [-0.4, -0.2) is 42.3 Å². The van der Waals surface area contributed by atoms with E-state index in [4.69, 9.17) is 10.00 Å². The minimum Gasteiger partial charge on any atom is -0.437 e. The number of ether oxygens (including phenoxy) is 1. The summed E-state index contributed by atoms with van der Waals surface area (Å²) in [5, 5.41) is 22.3. The Labute approximate surface area is 133 Å². The largest absolute Gasteiger partial charge is 0.437 e. The first-order valence-electron chi connectivity index (χ1n) is 6.75. The summed E-state index contributed by atoms with van der Waals surface area (Å²) >= 11 is 0. The van der Waals surface area contributed by atoms with Crippen molar-refractivity contribution < 1.29 is 9.53 Å². The number of anilines is 2. The Morgan fingerprint density at radius 1 is 1.26 bits per heavy atom. The van der Waals surface area contributed by atoms with Crippen molar-refractivity contribution in [3.8, 4) is 17.7 Å². The summed E-state index contributed by atoms with van der Waals surface area (Å²) in [6.07, 6.45) is 0. The minimum atomic E-state index is -0.217.